The zero-order valence-electron chi connectivity index (χ0n) is 11.0. The first-order chi connectivity index (χ1) is 9.51. The van der Waals surface area contributed by atoms with Crippen molar-refractivity contribution in [3.05, 3.63) is 30.3 Å². The third-order valence-electron chi connectivity index (χ3n) is 4.20. The van der Waals surface area contributed by atoms with Crippen molar-refractivity contribution in [1.82, 2.24) is 4.31 Å². The number of rotatable bonds is 2. The standard InChI is InChI=1S/C14H17Br2NO2S/c15-11-6-8-13-14(9-7-12(11)16)17(13)20(18,19)10-4-2-1-3-5-10/h1-5,11-14H,6-9H2/t11-,12+,13+,14-,17?. The minimum absolute atomic E-state index is 0.195. The van der Waals surface area contributed by atoms with Crippen molar-refractivity contribution in [2.75, 3.05) is 0 Å². The second-order valence-electron chi connectivity index (χ2n) is 5.47. The van der Waals surface area contributed by atoms with Gasteiger partial charge in [-0.2, -0.15) is 4.31 Å². The van der Waals surface area contributed by atoms with Crippen molar-refractivity contribution in [3.8, 4) is 0 Å². The quantitative estimate of drug-likeness (QED) is 0.540. The predicted molar refractivity (Wildman–Crippen MR) is 86.9 cm³/mol. The molecule has 1 saturated carbocycles. The molecule has 5 atom stereocenters. The van der Waals surface area contributed by atoms with Crippen LogP contribution in [0.2, 0.25) is 0 Å². The summed E-state index contributed by atoms with van der Waals surface area (Å²) in [5.41, 5.74) is 0. The van der Waals surface area contributed by atoms with E-state index in [9.17, 15) is 8.42 Å². The van der Waals surface area contributed by atoms with Crippen LogP contribution in [0.5, 0.6) is 0 Å². The molecular weight excluding hydrogens is 406 g/mol. The Morgan fingerprint density at radius 3 is 1.90 bits per heavy atom. The summed E-state index contributed by atoms with van der Waals surface area (Å²) in [7, 11) is -3.31. The molecule has 0 N–H and O–H groups in total. The highest BCUT2D eigenvalue weighted by atomic mass is 79.9. The SMILES string of the molecule is O=S(=O)(c1ccccc1)N1[C@@H]2CC[C@H](Br)[C@H](Br)CC[C@@H]21. The van der Waals surface area contributed by atoms with Crippen LogP contribution in [0.3, 0.4) is 0 Å². The second kappa shape index (κ2) is 5.71. The van der Waals surface area contributed by atoms with E-state index in [1.807, 2.05) is 6.07 Å². The Morgan fingerprint density at radius 1 is 0.900 bits per heavy atom. The van der Waals surface area contributed by atoms with Crippen molar-refractivity contribution < 1.29 is 8.42 Å². The van der Waals surface area contributed by atoms with E-state index in [-0.39, 0.29) is 12.1 Å². The highest BCUT2D eigenvalue weighted by Gasteiger charge is 2.55. The van der Waals surface area contributed by atoms with Crippen LogP contribution in [0, 0.1) is 0 Å². The Morgan fingerprint density at radius 2 is 1.40 bits per heavy atom. The van der Waals surface area contributed by atoms with Gasteiger partial charge >= 0.3 is 0 Å². The third-order valence-corrected chi connectivity index (χ3v) is 9.06. The minimum Gasteiger partial charge on any atom is -0.207 e. The van der Waals surface area contributed by atoms with Crippen LogP contribution in [-0.4, -0.2) is 34.5 Å². The number of sulfonamides is 1. The van der Waals surface area contributed by atoms with E-state index >= 15 is 0 Å². The Balaban J connectivity index is 1.80. The van der Waals surface area contributed by atoms with Crippen LogP contribution in [-0.2, 0) is 10.0 Å². The molecule has 2 fully saturated rings. The van der Waals surface area contributed by atoms with Crippen LogP contribution < -0.4 is 0 Å². The summed E-state index contributed by atoms with van der Waals surface area (Å²) in [5, 5.41) is 0. The van der Waals surface area contributed by atoms with Gasteiger partial charge in [0.2, 0.25) is 10.0 Å². The Bertz CT molecular complexity index is 560. The molecule has 0 spiro atoms. The summed E-state index contributed by atoms with van der Waals surface area (Å²) in [4.78, 5) is 1.29. The molecule has 110 valence electrons. The first-order valence-electron chi connectivity index (χ1n) is 6.88. The molecule has 0 amide bonds. The van der Waals surface area contributed by atoms with Crippen molar-refractivity contribution in [3.63, 3.8) is 0 Å². The minimum atomic E-state index is -3.31. The van der Waals surface area contributed by atoms with Crippen molar-refractivity contribution in [2.24, 2.45) is 0 Å². The van der Waals surface area contributed by atoms with Gasteiger partial charge in [-0.05, 0) is 37.8 Å². The summed E-state index contributed by atoms with van der Waals surface area (Å²) < 4.78 is 27.0. The highest BCUT2D eigenvalue weighted by Crippen LogP contribution is 2.44. The number of alkyl halides is 2. The topological polar surface area (TPSA) is 37.1 Å². The van der Waals surface area contributed by atoms with Crippen molar-refractivity contribution in [2.45, 2.75) is 52.3 Å². The molecule has 20 heavy (non-hydrogen) atoms. The number of halogens is 2. The fourth-order valence-electron chi connectivity index (χ4n) is 3.04. The second-order valence-corrected chi connectivity index (χ2v) is 9.66. The van der Waals surface area contributed by atoms with E-state index < -0.39 is 10.0 Å². The van der Waals surface area contributed by atoms with Gasteiger partial charge in [0.15, 0.2) is 0 Å². The fourth-order valence-corrected chi connectivity index (χ4v) is 5.99. The van der Waals surface area contributed by atoms with Gasteiger partial charge in [0, 0.05) is 21.7 Å². The van der Waals surface area contributed by atoms with Gasteiger partial charge in [-0.25, -0.2) is 8.42 Å². The Kier molecular flexibility index (Phi) is 4.28. The van der Waals surface area contributed by atoms with Crippen LogP contribution in [0.15, 0.2) is 35.2 Å². The first-order valence-corrected chi connectivity index (χ1v) is 10.2. The van der Waals surface area contributed by atoms with Gasteiger partial charge in [-0.3, -0.25) is 0 Å². The maximum atomic E-state index is 12.7. The van der Waals surface area contributed by atoms with Crippen LogP contribution in [0.1, 0.15) is 25.7 Å². The zero-order valence-corrected chi connectivity index (χ0v) is 14.9. The van der Waals surface area contributed by atoms with Gasteiger partial charge < -0.3 is 0 Å². The van der Waals surface area contributed by atoms with E-state index in [1.165, 1.54) is 0 Å². The summed E-state index contributed by atoms with van der Waals surface area (Å²) in [6.45, 7) is 0. The largest absolute Gasteiger partial charge is 0.243 e. The normalized spacial score (nSPS) is 37.6. The zero-order chi connectivity index (χ0) is 14.3. The van der Waals surface area contributed by atoms with E-state index in [4.69, 9.17) is 0 Å². The molecule has 3 rings (SSSR count). The first kappa shape index (κ1) is 15.0. The third kappa shape index (κ3) is 2.72. The van der Waals surface area contributed by atoms with Crippen molar-refractivity contribution >= 4 is 41.9 Å². The van der Waals surface area contributed by atoms with Crippen LogP contribution >= 0.6 is 31.9 Å². The smallest absolute Gasteiger partial charge is 0.207 e. The lowest BCUT2D eigenvalue weighted by Crippen LogP contribution is -2.18. The molecule has 0 aromatic heterocycles. The predicted octanol–water partition coefficient (Wildman–Crippen LogP) is 3.53. The Labute approximate surface area is 137 Å². The number of fused-ring (bicyclic) bond motifs is 1. The fraction of sp³-hybridized carbons (Fsp3) is 0.571. The van der Waals surface area contributed by atoms with E-state index in [0.29, 0.717) is 14.5 Å². The molecule has 3 nitrogen and oxygen atoms in total. The molecule has 0 bridgehead atoms. The molecule has 1 aliphatic carbocycles. The molecule has 1 saturated heterocycles. The maximum absolute atomic E-state index is 12.7. The molecule has 6 heteroatoms. The number of nitrogens with zero attached hydrogens (tertiary/aromatic N) is 1. The average molecular weight is 423 g/mol. The van der Waals surface area contributed by atoms with Gasteiger partial charge in [-0.15, -0.1) is 0 Å². The van der Waals surface area contributed by atoms with Gasteiger partial charge in [0.25, 0.3) is 0 Å². The molecule has 2 aliphatic rings. The molecule has 1 heterocycles. The van der Waals surface area contributed by atoms with Crippen LogP contribution in [0.4, 0.5) is 0 Å². The van der Waals surface area contributed by atoms with E-state index in [1.54, 1.807) is 28.6 Å². The summed E-state index contributed by atoms with van der Waals surface area (Å²) in [6.07, 6.45) is 3.90. The van der Waals surface area contributed by atoms with Gasteiger partial charge in [0.1, 0.15) is 0 Å². The van der Waals surface area contributed by atoms with E-state index in [0.717, 1.165) is 25.7 Å². The van der Waals surface area contributed by atoms with Gasteiger partial charge in [-0.1, -0.05) is 50.1 Å². The molecular formula is C14H17Br2NO2S. The maximum Gasteiger partial charge on any atom is 0.243 e. The molecule has 1 aromatic carbocycles. The average Bonchev–Trinajstić information content (AvgIpc) is 3.15. The summed E-state index contributed by atoms with van der Waals surface area (Å²) >= 11 is 7.37. The summed E-state index contributed by atoms with van der Waals surface area (Å²) in [6, 6.07) is 9.16. The number of benzene rings is 1. The molecule has 1 unspecified atom stereocenters. The Hall–Kier alpha value is 0.0900. The number of hydrogen-bond acceptors (Lipinski definition) is 2. The highest BCUT2D eigenvalue weighted by molar-refractivity contribution is 9.12. The number of hydrogen-bond donors (Lipinski definition) is 0. The molecule has 1 aliphatic heterocycles. The molecule has 0 radical (unpaired) electrons. The van der Waals surface area contributed by atoms with Crippen LogP contribution in [0.25, 0.3) is 0 Å². The lowest BCUT2D eigenvalue weighted by atomic mass is 10.0. The van der Waals surface area contributed by atoms with Crippen molar-refractivity contribution in [1.29, 1.82) is 0 Å². The van der Waals surface area contributed by atoms with E-state index in [2.05, 4.69) is 31.9 Å². The lowest BCUT2D eigenvalue weighted by molar-refractivity contribution is 0.538. The summed E-state index contributed by atoms with van der Waals surface area (Å²) in [5.74, 6) is 0. The molecule has 1 aromatic rings. The monoisotopic (exact) mass is 421 g/mol. The van der Waals surface area contributed by atoms with Gasteiger partial charge in [0.05, 0.1) is 4.90 Å². The lowest BCUT2D eigenvalue weighted by Gasteiger charge is -2.17.